The van der Waals surface area contributed by atoms with Gasteiger partial charge in [-0.3, -0.25) is 9.59 Å². The molecule has 2 heterocycles. The van der Waals surface area contributed by atoms with Crippen LogP contribution in [-0.4, -0.2) is 40.1 Å². The predicted molar refractivity (Wildman–Crippen MR) is 49.5 cm³/mol. The molecular weight excluding hydrogens is 182 g/mol. The third kappa shape index (κ3) is 1.53. The molecule has 1 amide bonds. The summed E-state index contributed by atoms with van der Waals surface area (Å²) < 4.78 is 1.10. The second-order valence-corrected chi connectivity index (χ2v) is 3.31. The highest BCUT2D eigenvalue weighted by Crippen LogP contribution is 2.11. The molecule has 0 N–H and O–H groups in total. The van der Waals surface area contributed by atoms with E-state index in [1.807, 2.05) is 0 Å². The molecule has 0 radical (unpaired) electrons. The summed E-state index contributed by atoms with van der Waals surface area (Å²) in [7, 11) is 0. The Balaban J connectivity index is 2.13. The van der Waals surface area contributed by atoms with Crippen LogP contribution in [0.2, 0.25) is 0 Å². The molecule has 1 aromatic heterocycles. The molecule has 0 saturated carbocycles. The summed E-state index contributed by atoms with van der Waals surface area (Å²) in [5.74, 6) is -0.0319. The molecule has 0 aromatic carbocycles. The first-order valence-electron chi connectivity index (χ1n) is 4.60. The van der Waals surface area contributed by atoms with E-state index >= 15 is 0 Å². The average molecular weight is 193 g/mol. The molecule has 5 heteroatoms. The van der Waals surface area contributed by atoms with Gasteiger partial charge >= 0.3 is 0 Å². The molecule has 5 nitrogen and oxygen atoms in total. The third-order valence-electron chi connectivity index (χ3n) is 2.35. The first-order valence-corrected chi connectivity index (χ1v) is 4.60. The van der Waals surface area contributed by atoms with Crippen molar-refractivity contribution in [2.24, 2.45) is 0 Å². The van der Waals surface area contributed by atoms with Crippen LogP contribution in [-0.2, 0) is 4.79 Å². The highest BCUT2D eigenvalue weighted by molar-refractivity contribution is 5.94. The van der Waals surface area contributed by atoms with Gasteiger partial charge in [-0.05, 0) is 12.8 Å². The van der Waals surface area contributed by atoms with Gasteiger partial charge in [0, 0.05) is 19.3 Å². The van der Waals surface area contributed by atoms with Crippen molar-refractivity contribution >= 4 is 12.3 Å². The van der Waals surface area contributed by atoms with Gasteiger partial charge in [0.15, 0.2) is 0 Å². The van der Waals surface area contributed by atoms with Crippen molar-refractivity contribution < 1.29 is 9.59 Å². The Kier molecular flexibility index (Phi) is 2.30. The summed E-state index contributed by atoms with van der Waals surface area (Å²) in [6.07, 6.45) is 5.57. The normalized spacial score (nSPS) is 15.9. The van der Waals surface area contributed by atoms with Gasteiger partial charge in [-0.25, -0.2) is 4.68 Å². The van der Waals surface area contributed by atoms with Gasteiger partial charge in [0.1, 0.15) is 0 Å². The standard InChI is InChI=1S/C9H11N3O2/c13-7-12-6-8(5-10-12)9(14)11-3-1-2-4-11/h5-7H,1-4H2. The molecule has 1 saturated heterocycles. The fraction of sp³-hybridized carbons (Fsp3) is 0.444. The SMILES string of the molecule is O=Cn1cc(C(=O)N2CCCC2)cn1. The van der Waals surface area contributed by atoms with Crippen LogP contribution in [0.15, 0.2) is 12.4 Å². The summed E-state index contributed by atoms with van der Waals surface area (Å²) >= 11 is 0. The number of nitrogens with zero attached hydrogens (tertiary/aromatic N) is 3. The molecule has 0 aliphatic carbocycles. The van der Waals surface area contributed by atoms with Crippen molar-refractivity contribution in [3.05, 3.63) is 18.0 Å². The van der Waals surface area contributed by atoms with Crippen molar-refractivity contribution in [2.75, 3.05) is 13.1 Å². The van der Waals surface area contributed by atoms with Gasteiger partial charge in [-0.15, -0.1) is 0 Å². The molecule has 74 valence electrons. The van der Waals surface area contributed by atoms with Crippen LogP contribution >= 0.6 is 0 Å². The minimum Gasteiger partial charge on any atom is -0.339 e. The zero-order chi connectivity index (χ0) is 9.97. The number of aromatic nitrogens is 2. The molecule has 0 atom stereocenters. The van der Waals surface area contributed by atoms with Crippen molar-refractivity contribution in [3.63, 3.8) is 0 Å². The number of carbonyl (C=O) groups is 2. The second-order valence-electron chi connectivity index (χ2n) is 3.31. The Morgan fingerprint density at radius 3 is 2.71 bits per heavy atom. The second kappa shape index (κ2) is 3.61. The molecule has 2 rings (SSSR count). The summed E-state index contributed by atoms with van der Waals surface area (Å²) in [6, 6.07) is 0. The summed E-state index contributed by atoms with van der Waals surface area (Å²) in [5.41, 5.74) is 0.485. The maximum atomic E-state index is 11.7. The zero-order valence-corrected chi connectivity index (χ0v) is 7.72. The average Bonchev–Trinajstić information content (AvgIpc) is 2.88. The quantitative estimate of drug-likeness (QED) is 0.628. The molecule has 0 unspecified atom stereocenters. The molecule has 1 aliphatic rings. The van der Waals surface area contributed by atoms with Gasteiger partial charge in [-0.1, -0.05) is 0 Å². The van der Waals surface area contributed by atoms with Crippen molar-refractivity contribution in [1.82, 2.24) is 14.7 Å². The van der Waals surface area contributed by atoms with Crippen LogP contribution < -0.4 is 0 Å². The molecule has 1 fully saturated rings. The van der Waals surface area contributed by atoms with E-state index in [-0.39, 0.29) is 5.91 Å². The number of carbonyl (C=O) groups excluding carboxylic acids is 2. The van der Waals surface area contributed by atoms with E-state index in [2.05, 4.69) is 5.10 Å². The van der Waals surface area contributed by atoms with Crippen LogP contribution in [0.25, 0.3) is 0 Å². The highest BCUT2D eigenvalue weighted by atomic mass is 16.2. The smallest absolute Gasteiger partial charge is 0.257 e. The summed E-state index contributed by atoms with van der Waals surface area (Å²) in [5, 5.41) is 3.73. The van der Waals surface area contributed by atoms with Gasteiger partial charge < -0.3 is 4.90 Å². The predicted octanol–water partition coefficient (Wildman–Crippen LogP) is 0.157. The summed E-state index contributed by atoms with van der Waals surface area (Å²) in [6.45, 7) is 1.62. The van der Waals surface area contributed by atoms with Gasteiger partial charge in [0.05, 0.1) is 11.8 Å². The summed E-state index contributed by atoms with van der Waals surface area (Å²) in [4.78, 5) is 23.9. The van der Waals surface area contributed by atoms with E-state index in [4.69, 9.17) is 0 Å². The first kappa shape index (κ1) is 8.93. The van der Waals surface area contributed by atoms with E-state index < -0.39 is 0 Å². The van der Waals surface area contributed by atoms with E-state index in [0.29, 0.717) is 12.0 Å². The van der Waals surface area contributed by atoms with Gasteiger partial charge in [0.2, 0.25) is 6.41 Å². The topological polar surface area (TPSA) is 55.2 Å². The van der Waals surface area contributed by atoms with E-state index in [1.54, 1.807) is 4.90 Å². The lowest BCUT2D eigenvalue weighted by Gasteiger charge is -2.12. The third-order valence-corrected chi connectivity index (χ3v) is 2.35. The van der Waals surface area contributed by atoms with Crippen LogP contribution in [0, 0.1) is 0 Å². The Bertz CT molecular complexity index is 353. The van der Waals surface area contributed by atoms with Crippen LogP contribution in [0.5, 0.6) is 0 Å². The first-order chi connectivity index (χ1) is 6.81. The Labute approximate surface area is 81.3 Å². The lowest BCUT2D eigenvalue weighted by molar-refractivity contribution is 0.0793. The van der Waals surface area contributed by atoms with Gasteiger partial charge in [0.25, 0.3) is 5.91 Å². The molecular formula is C9H11N3O2. The van der Waals surface area contributed by atoms with Crippen molar-refractivity contribution in [2.45, 2.75) is 12.8 Å². The lowest BCUT2D eigenvalue weighted by atomic mass is 10.3. The fourth-order valence-corrected chi connectivity index (χ4v) is 1.61. The molecule has 14 heavy (non-hydrogen) atoms. The molecule has 1 aliphatic heterocycles. The van der Waals surface area contributed by atoms with Crippen LogP contribution in [0.4, 0.5) is 0 Å². The van der Waals surface area contributed by atoms with Crippen LogP contribution in [0.3, 0.4) is 0 Å². The Morgan fingerprint density at radius 2 is 2.14 bits per heavy atom. The minimum absolute atomic E-state index is 0.0319. The lowest BCUT2D eigenvalue weighted by Crippen LogP contribution is -2.27. The molecule has 0 spiro atoms. The molecule has 1 aromatic rings. The number of amides is 1. The molecule has 0 bridgehead atoms. The monoisotopic (exact) mass is 193 g/mol. The van der Waals surface area contributed by atoms with Gasteiger partial charge in [-0.2, -0.15) is 5.10 Å². The number of hydrogen-bond donors (Lipinski definition) is 0. The zero-order valence-electron chi connectivity index (χ0n) is 7.72. The Morgan fingerprint density at radius 1 is 1.43 bits per heavy atom. The number of hydrogen-bond acceptors (Lipinski definition) is 3. The van der Waals surface area contributed by atoms with Crippen molar-refractivity contribution in [1.29, 1.82) is 0 Å². The highest BCUT2D eigenvalue weighted by Gasteiger charge is 2.20. The fourth-order valence-electron chi connectivity index (χ4n) is 1.61. The minimum atomic E-state index is -0.0319. The largest absolute Gasteiger partial charge is 0.339 e. The number of rotatable bonds is 2. The maximum Gasteiger partial charge on any atom is 0.257 e. The van der Waals surface area contributed by atoms with Crippen LogP contribution in [0.1, 0.15) is 23.2 Å². The Hall–Kier alpha value is -1.65. The van der Waals surface area contributed by atoms with E-state index in [1.165, 1.54) is 12.4 Å². The van der Waals surface area contributed by atoms with E-state index in [9.17, 15) is 9.59 Å². The maximum absolute atomic E-state index is 11.7. The van der Waals surface area contributed by atoms with E-state index in [0.717, 1.165) is 30.6 Å². The van der Waals surface area contributed by atoms with Crippen molar-refractivity contribution in [3.8, 4) is 0 Å². The number of likely N-dealkylation sites (tertiary alicyclic amines) is 1.